The topological polar surface area (TPSA) is 48.1 Å². The number of pyridine rings is 1. The Morgan fingerprint density at radius 1 is 1.24 bits per heavy atom. The minimum atomic E-state index is -0.145. The lowest BCUT2D eigenvalue weighted by Gasteiger charge is -2.33. The van der Waals surface area contributed by atoms with Gasteiger partial charge in [0.1, 0.15) is 4.64 Å². The highest BCUT2D eigenvalue weighted by Gasteiger charge is 2.17. The molecule has 2 N–H and O–H groups in total. The Bertz CT molecular complexity index is 769. The van der Waals surface area contributed by atoms with Crippen molar-refractivity contribution in [2.45, 2.75) is 45.3 Å². The van der Waals surface area contributed by atoms with E-state index in [4.69, 9.17) is 12.2 Å². The van der Waals surface area contributed by atoms with Crippen LogP contribution in [-0.2, 0) is 13.1 Å². The SMILES string of the molecule is CC1CCCCN1Cc1ccc(CNC(=O)c2ccc[nH]c2=S)cc1. The molecule has 1 saturated heterocycles. The molecule has 1 aliphatic rings. The highest BCUT2D eigenvalue weighted by molar-refractivity contribution is 7.71. The van der Waals surface area contributed by atoms with E-state index in [9.17, 15) is 4.79 Å². The molecule has 4 nitrogen and oxygen atoms in total. The second kappa shape index (κ2) is 8.41. The summed E-state index contributed by atoms with van der Waals surface area (Å²) in [6.07, 6.45) is 5.67. The maximum Gasteiger partial charge on any atom is 0.254 e. The zero-order valence-electron chi connectivity index (χ0n) is 14.6. The van der Waals surface area contributed by atoms with E-state index in [1.54, 1.807) is 18.3 Å². The molecule has 5 heteroatoms. The second-order valence-corrected chi connectivity index (χ2v) is 7.14. The quantitative estimate of drug-likeness (QED) is 0.796. The number of benzene rings is 1. The zero-order chi connectivity index (χ0) is 17.6. The largest absolute Gasteiger partial charge is 0.352 e. The van der Waals surface area contributed by atoms with Crippen LogP contribution in [0.25, 0.3) is 0 Å². The van der Waals surface area contributed by atoms with Crippen molar-refractivity contribution < 1.29 is 4.79 Å². The molecule has 132 valence electrons. The van der Waals surface area contributed by atoms with Gasteiger partial charge >= 0.3 is 0 Å². The summed E-state index contributed by atoms with van der Waals surface area (Å²) in [6, 6.07) is 12.7. The molecule has 1 aromatic heterocycles. The molecule has 25 heavy (non-hydrogen) atoms. The highest BCUT2D eigenvalue weighted by Crippen LogP contribution is 2.19. The van der Waals surface area contributed by atoms with Crippen LogP contribution in [0.15, 0.2) is 42.6 Å². The molecule has 0 radical (unpaired) electrons. The summed E-state index contributed by atoms with van der Waals surface area (Å²) in [5, 5.41) is 2.93. The molecule has 1 unspecified atom stereocenters. The van der Waals surface area contributed by atoms with Crippen molar-refractivity contribution >= 4 is 18.1 Å². The summed E-state index contributed by atoms with van der Waals surface area (Å²) in [6.45, 7) is 5.02. The van der Waals surface area contributed by atoms with Crippen LogP contribution >= 0.6 is 12.2 Å². The second-order valence-electron chi connectivity index (χ2n) is 6.73. The van der Waals surface area contributed by atoms with Crippen molar-refractivity contribution in [2.75, 3.05) is 6.54 Å². The van der Waals surface area contributed by atoms with Crippen molar-refractivity contribution in [3.05, 3.63) is 63.9 Å². The minimum absolute atomic E-state index is 0.145. The number of likely N-dealkylation sites (tertiary alicyclic amines) is 1. The van der Waals surface area contributed by atoms with Crippen LogP contribution in [0.4, 0.5) is 0 Å². The van der Waals surface area contributed by atoms with Crippen molar-refractivity contribution in [3.8, 4) is 0 Å². The van der Waals surface area contributed by atoms with Gasteiger partial charge in [0.25, 0.3) is 5.91 Å². The van der Waals surface area contributed by atoms with Gasteiger partial charge in [0.05, 0.1) is 5.56 Å². The first-order valence-electron chi connectivity index (χ1n) is 8.91. The number of nitrogens with zero attached hydrogens (tertiary/aromatic N) is 1. The summed E-state index contributed by atoms with van der Waals surface area (Å²) < 4.78 is 0.464. The number of hydrogen-bond acceptors (Lipinski definition) is 3. The molecule has 2 heterocycles. The Labute approximate surface area is 154 Å². The van der Waals surface area contributed by atoms with E-state index in [0.29, 0.717) is 22.8 Å². The first-order chi connectivity index (χ1) is 12.1. The van der Waals surface area contributed by atoms with Gasteiger partial charge in [-0.05, 0) is 49.6 Å². The average Bonchev–Trinajstić information content (AvgIpc) is 2.63. The van der Waals surface area contributed by atoms with Crippen LogP contribution in [0.1, 0.15) is 47.7 Å². The van der Waals surface area contributed by atoms with Gasteiger partial charge in [0.15, 0.2) is 0 Å². The first kappa shape index (κ1) is 17.8. The molecule has 1 amide bonds. The highest BCUT2D eigenvalue weighted by atomic mass is 32.1. The number of aromatic amines is 1. The molecule has 3 rings (SSSR count). The minimum Gasteiger partial charge on any atom is -0.352 e. The fourth-order valence-electron chi connectivity index (χ4n) is 3.27. The van der Waals surface area contributed by atoms with Crippen LogP contribution in [0.5, 0.6) is 0 Å². The third kappa shape index (κ3) is 4.77. The number of nitrogens with one attached hydrogen (secondary N) is 2. The third-order valence-corrected chi connectivity index (χ3v) is 5.20. The lowest BCUT2D eigenvalue weighted by Crippen LogP contribution is -2.36. The Balaban J connectivity index is 1.55. The number of H-pyrrole nitrogens is 1. The van der Waals surface area contributed by atoms with Crippen molar-refractivity contribution in [1.82, 2.24) is 15.2 Å². The Kier molecular flexibility index (Phi) is 6.00. The molecule has 1 atom stereocenters. The van der Waals surface area contributed by atoms with Crippen LogP contribution in [-0.4, -0.2) is 28.4 Å². The van der Waals surface area contributed by atoms with Gasteiger partial charge in [-0.15, -0.1) is 0 Å². The van der Waals surface area contributed by atoms with Crippen molar-refractivity contribution in [2.24, 2.45) is 0 Å². The maximum atomic E-state index is 12.2. The molecule has 0 aliphatic carbocycles. The van der Waals surface area contributed by atoms with Crippen molar-refractivity contribution in [1.29, 1.82) is 0 Å². The number of aromatic nitrogens is 1. The van der Waals surface area contributed by atoms with E-state index in [1.807, 2.05) is 0 Å². The van der Waals surface area contributed by atoms with Crippen LogP contribution in [0.3, 0.4) is 0 Å². The van der Waals surface area contributed by atoms with E-state index >= 15 is 0 Å². The zero-order valence-corrected chi connectivity index (χ0v) is 15.4. The smallest absolute Gasteiger partial charge is 0.254 e. The number of carbonyl (C=O) groups is 1. The first-order valence-corrected chi connectivity index (χ1v) is 9.32. The molecule has 0 spiro atoms. The summed E-state index contributed by atoms with van der Waals surface area (Å²) in [5.74, 6) is -0.145. The molecular weight excluding hydrogens is 330 g/mol. The fourth-order valence-corrected chi connectivity index (χ4v) is 3.50. The number of hydrogen-bond donors (Lipinski definition) is 2. The number of carbonyl (C=O) groups excluding carboxylic acids is 1. The Hall–Kier alpha value is -1.98. The number of amides is 1. The van der Waals surface area contributed by atoms with Gasteiger partial charge < -0.3 is 10.3 Å². The predicted molar refractivity (Wildman–Crippen MR) is 103 cm³/mol. The monoisotopic (exact) mass is 355 g/mol. The molecule has 1 fully saturated rings. The molecule has 1 aliphatic heterocycles. The van der Waals surface area contributed by atoms with Gasteiger partial charge in [-0.2, -0.15) is 0 Å². The summed E-state index contributed by atoms with van der Waals surface area (Å²) >= 11 is 5.14. The van der Waals surface area contributed by atoms with E-state index in [0.717, 1.165) is 12.1 Å². The van der Waals surface area contributed by atoms with Gasteiger partial charge in [-0.25, -0.2) is 0 Å². The fraction of sp³-hybridized carbons (Fsp3) is 0.400. The Morgan fingerprint density at radius 2 is 2.00 bits per heavy atom. The molecule has 2 aromatic rings. The normalized spacial score (nSPS) is 18.0. The van der Waals surface area contributed by atoms with Gasteiger partial charge in [0.2, 0.25) is 0 Å². The van der Waals surface area contributed by atoms with Gasteiger partial charge in [0, 0.05) is 25.3 Å². The van der Waals surface area contributed by atoms with E-state index in [2.05, 4.69) is 46.4 Å². The summed E-state index contributed by atoms with van der Waals surface area (Å²) in [7, 11) is 0. The summed E-state index contributed by atoms with van der Waals surface area (Å²) in [5.41, 5.74) is 2.93. The molecule has 0 bridgehead atoms. The van der Waals surface area contributed by atoms with Crippen LogP contribution < -0.4 is 5.32 Å². The van der Waals surface area contributed by atoms with Crippen LogP contribution in [0, 0.1) is 4.64 Å². The van der Waals surface area contributed by atoms with Crippen LogP contribution in [0.2, 0.25) is 0 Å². The van der Waals surface area contributed by atoms with E-state index in [-0.39, 0.29) is 5.91 Å². The molecule has 1 aromatic carbocycles. The summed E-state index contributed by atoms with van der Waals surface area (Å²) in [4.78, 5) is 17.6. The predicted octanol–water partition coefficient (Wildman–Crippen LogP) is 4.05. The van der Waals surface area contributed by atoms with Crippen molar-refractivity contribution in [3.63, 3.8) is 0 Å². The van der Waals surface area contributed by atoms with E-state index < -0.39 is 0 Å². The third-order valence-electron chi connectivity index (χ3n) is 4.87. The lowest BCUT2D eigenvalue weighted by molar-refractivity contribution is 0.0950. The lowest BCUT2D eigenvalue weighted by atomic mass is 10.0. The standard InChI is InChI=1S/C20H25N3OS/c1-15-5-2-3-12-23(15)14-17-9-7-16(8-10-17)13-22-19(24)18-6-4-11-21-20(18)25/h4,6-11,15H,2-3,5,12-14H2,1H3,(H,21,25)(H,22,24). The van der Waals surface area contributed by atoms with E-state index in [1.165, 1.54) is 31.4 Å². The van der Waals surface area contributed by atoms with Gasteiger partial charge in [-0.1, -0.05) is 42.9 Å². The Morgan fingerprint density at radius 3 is 2.72 bits per heavy atom. The van der Waals surface area contributed by atoms with Gasteiger partial charge in [-0.3, -0.25) is 9.69 Å². The average molecular weight is 356 g/mol. The molecule has 0 saturated carbocycles. The molecular formula is C20H25N3OS. The number of rotatable bonds is 5. The maximum absolute atomic E-state index is 12.2. The number of piperidine rings is 1.